The molecule has 0 saturated carbocycles. The lowest BCUT2D eigenvalue weighted by Crippen LogP contribution is -2.07. The first kappa shape index (κ1) is 15.8. The molecule has 0 unspecified atom stereocenters. The number of hydrogen-bond acceptors (Lipinski definition) is 2. The maximum atomic E-state index is 13.4. The molecule has 0 aliphatic carbocycles. The monoisotopic (exact) mass is 307 g/mol. The number of aryl methyl sites for hydroxylation is 2. The summed E-state index contributed by atoms with van der Waals surface area (Å²) in [5, 5.41) is 3.25. The maximum Gasteiger partial charge on any atom is 0.142 e. The van der Waals surface area contributed by atoms with Crippen LogP contribution in [0, 0.1) is 19.7 Å². The number of rotatable bonds is 5. The highest BCUT2D eigenvalue weighted by molar-refractivity contribution is 6.31. The molecule has 112 valence electrons. The smallest absolute Gasteiger partial charge is 0.142 e. The first-order valence-electron chi connectivity index (χ1n) is 6.83. The van der Waals surface area contributed by atoms with Crippen LogP contribution in [0.15, 0.2) is 30.3 Å². The van der Waals surface area contributed by atoms with Crippen molar-refractivity contribution in [3.63, 3.8) is 0 Å². The predicted molar refractivity (Wildman–Crippen MR) is 84.4 cm³/mol. The molecule has 2 nitrogen and oxygen atoms in total. The van der Waals surface area contributed by atoms with Gasteiger partial charge < -0.3 is 10.1 Å². The van der Waals surface area contributed by atoms with Gasteiger partial charge in [0.1, 0.15) is 18.2 Å². The van der Waals surface area contributed by atoms with Crippen molar-refractivity contribution in [2.45, 2.75) is 27.0 Å². The van der Waals surface area contributed by atoms with Crippen molar-refractivity contribution in [1.29, 1.82) is 0 Å². The van der Waals surface area contributed by atoms with Gasteiger partial charge >= 0.3 is 0 Å². The Labute approximate surface area is 129 Å². The average molecular weight is 308 g/mol. The first-order chi connectivity index (χ1) is 10.0. The fourth-order valence-corrected chi connectivity index (χ4v) is 2.56. The van der Waals surface area contributed by atoms with Crippen LogP contribution in [0.1, 0.15) is 22.3 Å². The highest BCUT2D eigenvalue weighted by Gasteiger charge is 2.10. The lowest BCUT2D eigenvalue weighted by molar-refractivity contribution is 0.301. The van der Waals surface area contributed by atoms with Gasteiger partial charge in [0.25, 0.3) is 0 Å². The van der Waals surface area contributed by atoms with E-state index in [2.05, 4.69) is 17.4 Å². The third-order valence-electron chi connectivity index (χ3n) is 3.30. The van der Waals surface area contributed by atoms with E-state index in [-0.39, 0.29) is 11.6 Å². The molecule has 0 heterocycles. The van der Waals surface area contributed by atoms with Gasteiger partial charge in [0.15, 0.2) is 0 Å². The number of hydrogen-bond donors (Lipinski definition) is 1. The molecule has 0 amide bonds. The van der Waals surface area contributed by atoms with Crippen molar-refractivity contribution in [2.24, 2.45) is 0 Å². The van der Waals surface area contributed by atoms with Gasteiger partial charge in [0.2, 0.25) is 0 Å². The van der Waals surface area contributed by atoms with Crippen molar-refractivity contribution in [2.75, 3.05) is 7.05 Å². The van der Waals surface area contributed by atoms with E-state index in [1.165, 1.54) is 11.6 Å². The molecule has 2 aromatic carbocycles. The van der Waals surface area contributed by atoms with Crippen LogP contribution >= 0.6 is 11.6 Å². The first-order valence-corrected chi connectivity index (χ1v) is 7.21. The molecule has 0 aliphatic heterocycles. The Balaban J connectivity index is 2.18. The van der Waals surface area contributed by atoms with Crippen molar-refractivity contribution in [1.82, 2.24) is 5.32 Å². The van der Waals surface area contributed by atoms with Crippen molar-refractivity contribution < 1.29 is 9.13 Å². The largest absolute Gasteiger partial charge is 0.488 e. The lowest BCUT2D eigenvalue weighted by atomic mass is 10.1. The van der Waals surface area contributed by atoms with Crippen LogP contribution in [-0.4, -0.2) is 7.05 Å². The normalized spacial score (nSPS) is 10.7. The Hall–Kier alpha value is -1.58. The van der Waals surface area contributed by atoms with E-state index in [0.29, 0.717) is 5.56 Å². The second kappa shape index (κ2) is 6.92. The van der Waals surface area contributed by atoms with Crippen LogP contribution in [0.3, 0.4) is 0 Å². The van der Waals surface area contributed by atoms with E-state index in [0.717, 1.165) is 23.4 Å². The Bertz CT molecular complexity index is 620. The molecule has 4 heteroatoms. The summed E-state index contributed by atoms with van der Waals surface area (Å²) in [6.07, 6.45) is 0. The molecule has 0 saturated heterocycles. The van der Waals surface area contributed by atoms with Gasteiger partial charge in [-0.2, -0.15) is 0 Å². The quantitative estimate of drug-likeness (QED) is 0.884. The van der Waals surface area contributed by atoms with Gasteiger partial charge in [-0.05, 0) is 43.7 Å². The number of benzene rings is 2. The third kappa shape index (κ3) is 3.74. The minimum atomic E-state index is -0.421. The minimum Gasteiger partial charge on any atom is -0.488 e. The van der Waals surface area contributed by atoms with E-state index >= 15 is 0 Å². The summed E-state index contributed by atoms with van der Waals surface area (Å²) >= 11 is 5.94. The second-order valence-electron chi connectivity index (χ2n) is 5.09. The molecule has 21 heavy (non-hydrogen) atoms. The van der Waals surface area contributed by atoms with E-state index in [9.17, 15) is 4.39 Å². The molecule has 0 aromatic heterocycles. The van der Waals surface area contributed by atoms with Crippen LogP contribution in [0.4, 0.5) is 4.39 Å². The highest BCUT2D eigenvalue weighted by atomic mass is 35.5. The van der Waals surface area contributed by atoms with Crippen LogP contribution < -0.4 is 10.1 Å². The van der Waals surface area contributed by atoms with Crippen LogP contribution in [0.5, 0.6) is 5.75 Å². The molecule has 0 bridgehead atoms. The topological polar surface area (TPSA) is 21.3 Å². The number of ether oxygens (including phenoxy) is 1. The van der Waals surface area contributed by atoms with Gasteiger partial charge in [-0.15, -0.1) is 0 Å². The summed E-state index contributed by atoms with van der Waals surface area (Å²) in [6.45, 7) is 5.09. The van der Waals surface area contributed by atoms with Crippen molar-refractivity contribution in [3.8, 4) is 5.75 Å². The van der Waals surface area contributed by atoms with Gasteiger partial charge in [-0.1, -0.05) is 35.9 Å². The molecule has 0 radical (unpaired) electrons. The molecular weight excluding hydrogens is 289 g/mol. The molecular formula is C17H19ClFNO. The number of halogens is 2. The summed E-state index contributed by atoms with van der Waals surface area (Å²) in [6, 6.07) is 8.92. The van der Waals surface area contributed by atoms with Gasteiger partial charge in [-0.25, -0.2) is 4.39 Å². The summed E-state index contributed by atoms with van der Waals surface area (Å²) < 4.78 is 19.3. The summed E-state index contributed by atoms with van der Waals surface area (Å²) in [7, 11) is 1.92. The molecule has 2 rings (SSSR count). The summed E-state index contributed by atoms with van der Waals surface area (Å²) in [5.41, 5.74) is 3.99. The van der Waals surface area contributed by atoms with Crippen LogP contribution in [0.25, 0.3) is 0 Å². The second-order valence-corrected chi connectivity index (χ2v) is 5.47. The fraction of sp³-hybridized carbons (Fsp3) is 0.294. The summed E-state index contributed by atoms with van der Waals surface area (Å²) in [4.78, 5) is 0. The van der Waals surface area contributed by atoms with Gasteiger partial charge in [-0.3, -0.25) is 0 Å². The summed E-state index contributed by atoms with van der Waals surface area (Å²) in [5.74, 6) is 0.408. The Morgan fingerprint density at radius 2 is 1.86 bits per heavy atom. The van der Waals surface area contributed by atoms with Crippen LogP contribution in [0.2, 0.25) is 5.02 Å². The third-order valence-corrected chi connectivity index (χ3v) is 3.73. The molecule has 0 spiro atoms. The molecule has 1 N–H and O–H groups in total. The van der Waals surface area contributed by atoms with E-state index in [1.54, 1.807) is 12.1 Å². The Kier molecular flexibility index (Phi) is 5.21. The maximum absolute atomic E-state index is 13.4. The zero-order chi connectivity index (χ0) is 15.4. The van der Waals surface area contributed by atoms with Crippen molar-refractivity contribution >= 4 is 11.6 Å². The molecule has 2 aromatic rings. The van der Waals surface area contributed by atoms with E-state index in [4.69, 9.17) is 16.3 Å². The molecule has 0 fully saturated rings. The van der Waals surface area contributed by atoms with E-state index in [1.807, 2.05) is 20.9 Å². The molecule has 0 aliphatic rings. The molecule has 0 atom stereocenters. The van der Waals surface area contributed by atoms with Crippen LogP contribution in [-0.2, 0) is 13.2 Å². The highest BCUT2D eigenvalue weighted by Crippen LogP contribution is 2.27. The standard InChI is InChI=1S/C17H19ClFNO/c1-11-7-13(9-20-3)8-12(2)17(11)21-10-14-5-4-6-15(19)16(14)18/h4-8,20H,9-10H2,1-3H3. The SMILES string of the molecule is CNCc1cc(C)c(OCc2cccc(F)c2Cl)c(C)c1. The number of nitrogens with one attached hydrogen (secondary N) is 1. The Morgan fingerprint density at radius 3 is 2.48 bits per heavy atom. The lowest BCUT2D eigenvalue weighted by Gasteiger charge is -2.15. The average Bonchev–Trinajstić information content (AvgIpc) is 2.42. The predicted octanol–water partition coefficient (Wildman–Crippen LogP) is 4.39. The zero-order valence-corrected chi connectivity index (χ0v) is 13.2. The fourth-order valence-electron chi connectivity index (χ4n) is 2.38. The Morgan fingerprint density at radius 1 is 1.19 bits per heavy atom. The van der Waals surface area contributed by atoms with Crippen molar-refractivity contribution in [3.05, 3.63) is 63.4 Å². The van der Waals surface area contributed by atoms with Gasteiger partial charge in [0.05, 0.1) is 5.02 Å². The minimum absolute atomic E-state index is 0.125. The van der Waals surface area contributed by atoms with Gasteiger partial charge in [0, 0.05) is 12.1 Å². The van der Waals surface area contributed by atoms with E-state index < -0.39 is 5.82 Å². The zero-order valence-electron chi connectivity index (χ0n) is 12.5.